The molecule has 1 atom stereocenters. The van der Waals surface area contributed by atoms with Crippen LogP contribution in [0.3, 0.4) is 0 Å². The number of aryl methyl sites for hydroxylation is 2. The Hall–Kier alpha value is -0.727. The molecular weight excluding hydrogens is 514 g/mol. The van der Waals surface area contributed by atoms with Gasteiger partial charge in [0.25, 0.3) is 0 Å². The van der Waals surface area contributed by atoms with Gasteiger partial charge in [-0.25, -0.2) is 0 Å². The predicted octanol–water partition coefficient (Wildman–Crippen LogP) is 8.48. The normalized spacial score (nSPS) is 19.5. The van der Waals surface area contributed by atoms with Crippen molar-refractivity contribution in [2.24, 2.45) is 5.41 Å². The van der Waals surface area contributed by atoms with E-state index in [1.165, 1.54) is 16.7 Å². The maximum Gasteiger partial charge on any atom is -0.0395 e. The fourth-order valence-corrected chi connectivity index (χ4v) is 6.22. The van der Waals surface area contributed by atoms with Crippen molar-refractivity contribution in [2.45, 2.75) is 79.5 Å². The zero-order chi connectivity index (χ0) is 23.4. The van der Waals surface area contributed by atoms with Gasteiger partial charge >= 0.3 is 97.8 Å². The summed E-state index contributed by atoms with van der Waals surface area (Å²) in [6.07, 6.45) is 1.33. The third-order valence-corrected chi connectivity index (χ3v) is 7.13. The summed E-state index contributed by atoms with van der Waals surface area (Å²) in [5.41, 5.74) is 5.50. The Balaban J connectivity index is 0.000000225. The molecule has 31 heavy (non-hydrogen) atoms. The van der Waals surface area contributed by atoms with Gasteiger partial charge in [0, 0.05) is 0 Å². The smallest absolute Gasteiger partial charge is 0.0395 e. The topological polar surface area (TPSA) is 23.3 Å². The Labute approximate surface area is 202 Å². The van der Waals surface area contributed by atoms with Crippen LogP contribution in [0.5, 0.6) is 5.75 Å². The van der Waals surface area contributed by atoms with Crippen molar-refractivity contribution in [1.29, 1.82) is 0 Å². The Kier molecular flexibility index (Phi) is 9.35. The van der Waals surface area contributed by atoms with Crippen molar-refractivity contribution >= 4 is 24.0 Å². The number of hydrogen-bond acceptors (Lipinski definition) is 1. The monoisotopic (exact) mass is 550 g/mol. The molecule has 2 aromatic rings. The molecule has 5 heteroatoms. The van der Waals surface area contributed by atoms with Gasteiger partial charge in [-0.05, 0) is 24.8 Å². The van der Waals surface area contributed by atoms with Gasteiger partial charge in [0.2, 0.25) is 0 Å². The Morgan fingerprint density at radius 2 is 1.71 bits per heavy atom. The van der Waals surface area contributed by atoms with Crippen LogP contribution in [0.25, 0.3) is 5.32 Å². The van der Waals surface area contributed by atoms with Gasteiger partial charge in [-0.1, -0.05) is 63.4 Å². The van der Waals surface area contributed by atoms with Crippen LogP contribution >= 0.6 is 19.4 Å². The van der Waals surface area contributed by atoms with Crippen LogP contribution < -0.4 is 4.74 Å². The molecule has 2 nitrogen and oxygen atoms in total. The zero-order valence-electron chi connectivity index (χ0n) is 19.9. The Bertz CT molecular complexity index is 917. The first-order valence-corrected chi connectivity index (χ1v) is 16.2. The van der Waals surface area contributed by atoms with Crippen LogP contribution in [0.2, 0.25) is 0 Å². The second-order valence-corrected chi connectivity index (χ2v) is 15.6. The summed E-state index contributed by atoms with van der Waals surface area (Å²) < 4.78 is 7.51. The molecule has 0 bridgehead atoms. The quantitative estimate of drug-likeness (QED) is 0.350. The predicted molar refractivity (Wildman–Crippen MR) is 134 cm³/mol. The molecule has 2 aromatic carbocycles. The molecule has 1 saturated heterocycles. The van der Waals surface area contributed by atoms with Crippen LogP contribution in [-0.4, -0.2) is 16.3 Å². The maximum absolute atomic E-state index is 5.82. The number of benzene rings is 2. The molecule has 0 spiro atoms. The average Bonchev–Trinajstić information content (AvgIpc) is 2.83. The molecule has 1 aliphatic rings. The molecule has 0 saturated carbocycles. The summed E-state index contributed by atoms with van der Waals surface area (Å²) in [7, 11) is 11.6. The number of rotatable bonds is 4. The molecular formula is C26H36Cl2NORu-. The van der Waals surface area contributed by atoms with Crippen molar-refractivity contribution in [1.82, 2.24) is 0 Å². The molecule has 0 N–H and O–H groups in total. The Morgan fingerprint density at radius 1 is 1.06 bits per heavy atom. The number of para-hydroxylation sites is 1. The van der Waals surface area contributed by atoms with Crippen LogP contribution in [0, 0.1) is 19.3 Å². The summed E-state index contributed by atoms with van der Waals surface area (Å²) in [5, 5.41) is 5.03. The van der Waals surface area contributed by atoms with Gasteiger partial charge < -0.3 is 5.32 Å². The summed E-state index contributed by atoms with van der Waals surface area (Å²) in [5.74, 6) is 0.850. The van der Waals surface area contributed by atoms with Crippen molar-refractivity contribution in [2.75, 3.05) is 0 Å². The van der Waals surface area contributed by atoms with Gasteiger partial charge in [-0.2, -0.15) is 0 Å². The van der Waals surface area contributed by atoms with Gasteiger partial charge in [0.15, 0.2) is 0 Å². The summed E-state index contributed by atoms with van der Waals surface area (Å²) >= 11 is -1.77. The summed E-state index contributed by atoms with van der Waals surface area (Å²) in [4.78, 5) is 0. The third kappa shape index (κ3) is 7.97. The maximum atomic E-state index is 5.82. The molecule has 0 amide bonds. The molecule has 1 unspecified atom stereocenters. The van der Waals surface area contributed by atoms with E-state index in [-0.39, 0.29) is 17.1 Å². The van der Waals surface area contributed by atoms with Crippen molar-refractivity contribution < 1.29 is 18.3 Å². The van der Waals surface area contributed by atoms with Gasteiger partial charge in [-0.3, -0.25) is 0 Å². The van der Waals surface area contributed by atoms with E-state index in [0.717, 1.165) is 17.7 Å². The SMILES string of the molecule is CC(C)Oc1ccccc1[CH]=[Ru]([Cl])[Cl].Cc1ccc(C2[N-]C(C)(C)CC2(C)C)c(C)c1. The van der Waals surface area contributed by atoms with Gasteiger partial charge in [0.1, 0.15) is 0 Å². The second kappa shape index (κ2) is 10.9. The average molecular weight is 551 g/mol. The van der Waals surface area contributed by atoms with E-state index in [9.17, 15) is 0 Å². The van der Waals surface area contributed by atoms with Crippen LogP contribution in [0.15, 0.2) is 42.5 Å². The van der Waals surface area contributed by atoms with E-state index in [1.54, 1.807) is 0 Å². The van der Waals surface area contributed by atoms with Crippen molar-refractivity contribution in [3.05, 3.63) is 70.0 Å². The standard InChI is InChI=1S/C16H24N.C10H12O.2ClH.Ru/c1-11-7-8-13(12(2)9-11)14-15(3,4)10-16(5,6)17-14;1-8(2)11-10-7-5-4-6-9(10)3;;;/h7-9,14H,10H2,1-6H3;3-8H,1-2H3;2*1H;/q-1;;;;+2/p-2. The fraction of sp³-hybridized carbons (Fsp3) is 0.500. The summed E-state index contributed by atoms with van der Waals surface area (Å²) in [6, 6.07) is 14.9. The van der Waals surface area contributed by atoms with E-state index in [2.05, 4.69) is 59.7 Å². The number of ether oxygens (including phenoxy) is 1. The fourth-order valence-electron chi connectivity index (χ4n) is 4.41. The largest absolute Gasteiger partial charge is 0.650 e. The molecule has 1 fully saturated rings. The Morgan fingerprint density at radius 3 is 2.23 bits per heavy atom. The number of hydrogen-bond donors (Lipinski definition) is 0. The molecule has 3 rings (SSSR count). The van der Waals surface area contributed by atoms with Crippen LogP contribution in [0.4, 0.5) is 0 Å². The van der Waals surface area contributed by atoms with Crippen LogP contribution in [0.1, 0.15) is 76.3 Å². The minimum atomic E-state index is -1.77. The molecule has 1 heterocycles. The second-order valence-electron chi connectivity index (χ2n) is 9.88. The zero-order valence-corrected chi connectivity index (χ0v) is 23.2. The minimum Gasteiger partial charge on any atom is -0.650 e. The van der Waals surface area contributed by atoms with E-state index >= 15 is 0 Å². The number of nitrogens with zero attached hydrogens (tertiary/aromatic N) is 1. The van der Waals surface area contributed by atoms with Gasteiger partial charge in [-0.15, -0.1) is 11.6 Å². The summed E-state index contributed by atoms with van der Waals surface area (Å²) in [6.45, 7) is 17.5. The minimum absolute atomic E-state index is 0.117. The molecule has 1 aliphatic heterocycles. The van der Waals surface area contributed by atoms with E-state index < -0.39 is 13.5 Å². The van der Waals surface area contributed by atoms with Crippen molar-refractivity contribution in [3.8, 4) is 5.75 Å². The molecule has 174 valence electrons. The van der Waals surface area contributed by atoms with E-state index in [1.807, 2.05) is 42.7 Å². The molecule has 0 radical (unpaired) electrons. The first-order chi connectivity index (χ1) is 14.3. The van der Waals surface area contributed by atoms with E-state index in [0.29, 0.717) is 6.04 Å². The van der Waals surface area contributed by atoms with Crippen LogP contribution in [-0.2, 0) is 13.5 Å². The van der Waals surface area contributed by atoms with E-state index in [4.69, 9.17) is 29.4 Å². The third-order valence-electron chi connectivity index (χ3n) is 5.30. The first-order valence-electron chi connectivity index (χ1n) is 10.7. The first kappa shape index (κ1) is 26.5. The molecule has 0 aliphatic carbocycles. The number of halogens is 2. The van der Waals surface area contributed by atoms with Gasteiger partial charge in [0.05, 0.1) is 0 Å². The molecule has 0 aromatic heterocycles. The van der Waals surface area contributed by atoms with Crippen molar-refractivity contribution in [3.63, 3.8) is 0 Å².